The monoisotopic (exact) mass is 433 g/mol. The minimum absolute atomic E-state index is 0.160. The maximum Gasteiger partial charge on any atom is 0.325 e. The number of hydrogen-bond donors (Lipinski definition) is 4. The molecule has 0 spiro atoms. The molecule has 9 nitrogen and oxygen atoms in total. The second kappa shape index (κ2) is 11.7. The fourth-order valence-electron chi connectivity index (χ4n) is 3.64. The highest BCUT2D eigenvalue weighted by Gasteiger charge is 2.25. The fourth-order valence-corrected chi connectivity index (χ4v) is 3.64. The van der Waals surface area contributed by atoms with Crippen LogP contribution in [0.5, 0.6) is 0 Å². The first-order valence-electron chi connectivity index (χ1n) is 11.0. The van der Waals surface area contributed by atoms with E-state index in [2.05, 4.69) is 25.9 Å². The highest BCUT2D eigenvalue weighted by Crippen LogP contribution is 2.22. The van der Waals surface area contributed by atoms with Crippen molar-refractivity contribution >= 4 is 17.8 Å². The third-order valence-electron chi connectivity index (χ3n) is 5.33. The molecule has 0 saturated carbocycles. The summed E-state index contributed by atoms with van der Waals surface area (Å²) in [6, 6.07) is 0.105. The minimum Gasteiger partial charge on any atom is -0.480 e. The molecule has 2 rings (SSSR count). The topological polar surface area (TPSA) is 133 Å². The lowest BCUT2D eigenvalue weighted by atomic mass is 9.97. The normalized spacial score (nSPS) is 16.5. The Morgan fingerprint density at radius 2 is 1.84 bits per heavy atom. The number of carbonyl (C=O) groups is 3. The molecule has 4 N–H and O–H groups in total. The van der Waals surface area contributed by atoms with E-state index >= 15 is 0 Å². The van der Waals surface area contributed by atoms with Gasteiger partial charge in [0.25, 0.3) is 0 Å². The van der Waals surface area contributed by atoms with Gasteiger partial charge in [0.2, 0.25) is 11.8 Å². The highest BCUT2D eigenvalue weighted by molar-refractivity contribution is 5.90. The zero-order valence-electron chi connectivity index (χ0n) is 18.9. The quantitative estimate of drug-likeness (QED) is 0.437. The lowest BCUT2D eigenvalue weighted by Crippen LogP contribution is -2.51. The van der Waals surface area contributed by atoms with Gasteiger partial charge in [-0.3, -0.25) is 14.4 Å². The molecule has 1 aliphatic rings. The molecule has 172 valence electrons. The van der Waals surface area contributed by atoms with Gasteiger partial charge in [-0.15, -0.1) is 0 Å². The van der Waals surface area contributed by atoms with E-state index in [-0.39, 0.29) is 18.2 Å². The second-order valence-corrected chi connectivity index (χ2v) is 8.70. The van der Waals surface area contributed by atoms with Gasteiger partial charge >= 0.3 is 5.97 Å². The summed E-state index contributed by atoms with van der Waals surface area (Å²) in [7, 11) is 0. The van der Waals surface area contributed by atoms with Gasteiger partial charge in [-0.05, 0) is 64.6 Å². The van der Waals surface area contributed by atoms with Crippen LogP contribution in [-0.2, 0) is 20.8 Å². The molecule has 1 aliphatic heterocycles. The number of carboxylic acid groups (broad SMARTS) is 1. The van der Waals surface area contributed by atoms with Gasteiger partial charge in [0, 0.05) is 23.7 Å². The Balaban J connectivity index is 1.97. The van der Waals surface area contributed by atoms with Crippen LogP contribution in [0.25, 0.3) is 0 Å². The summed E-state index contributed by atoms with van der Waals surface area (Å²) in [4.78, 5) is 45.3. The smallest absolute Gasteiger partial charge is 0.325 e. The number of carboxylic acids is 1. The number of nitrogens with one attached hydrogen (secondary N) is 3. The standard InChI is InChI=1S/C22H35N5O4/c1-13(2)11-18(21(29)25-15(4)22(30)31)27-19(28)6-5-17-12-14(3)24-20(26-17)16-7-9-23-10-8-16/h12-13,15-16,18,23H,5-11H2,1-4H3,(H,25,29)(H,27,28)(H,30,31)/t15-,18-/m0/s1. The van der Waals surface area contributed by atoms with Crippen molar-refractivity contribution in [3.8, 4) is 0 Å². The number of piperidine rings is 1. The van der Waals surface area contributed by atoms with E-state index in [4.69, 9.17) is 5.11 Å². The van der Waals surface area contributed by atoms with Gasteiger partial charge in [0.05, 0.1) is 0 Å². The first-order valence-corrected chi connectivity index (χ1v) is 11.0. The molecule has 1 fully saturated rings. The van der Waals surface area contributed by atoms with Gasteiger partial charge in [0.15, 0.2) is 0 Å². The van der Waals surface area contributed by atoms with Crippen molar-refractivity contribution < 1.29 is 19.5 Å². The first-order chi connectivity index (χ1) is 14.7. The summed E-state index contributed by atoms with van der Waals surface area (Å²) < 4.78 is 0. The maximum atomic E-state index is 12.5. The molecule has 1 aromatic rings. The van der Waals surface area contributed by atoms with E-state index in [9.17, 15) is 14.4 Å². The number of rotatable bonds is 10. The molecular formula is C22H35N5O4. The van der Waals surface area contributed by atoms with Crippen LogP contribution >= 0.6 is 0 Å². The first kappa shape index (κ1) is 24.7. The summed E-state index contributed by atoms with van der Waals surface area (Å²) in [5.41, 5.74) is 1.71. The molecule has 1 aromatic heterocycles. The van der Waals surface area contributed by atoms with Gasteiger partial charge in [-0.2, -0.15) is 0 Å². The van der Waals surface area contributed by atoms with Crippen LogP contribution < -0.4 is 16.0 Å². The Labute approximate surface area is 183 Å². The van der Waals surface area contributed by atoms with E-state index in [1.807, 2.05) is 26.8 Å². The van der Waals surface area contributed by atoms with Crippen LogP contribution in [0.2, 0.25) is 0 Å². The van der Waals surface area contributed by atoms with E-state index in [1.165, 1.54) is 6.92 Å². The average molecular weight is 434 g/mol. The van der Waals surface area contributed by atoms with E-state index < -0.39 is 24.0 Å². The number of aliphatic carboxylic acids is 1. The lowest BCUT2D eigenvalue weighted by molar-refractivity contribution is -0.141. The average Bonchev–Trinajstić information content (AvgIpc) is 2.71. The van der Waals surface area contributed by atoms with Crippen molar-refractivity contribution in [1.82, 2.24) is 25.9 Å². The predicted octanol–water partition coefficient (Wildman–Crippen LogP) is 1.30. The molecule has 0 bridgehead atoms. The summed E-state index contributed by atoms with van der Waals surface area (Å²) in [5.74, 6) is -0.521. The number of aromatic nitrogens is 2. The molecule has 0 aliphatic carbocycles. The Hall–Kier alpha value is -2.55. The van der Waals surface area contributed by atoms with Crippen molar-refractivity contribution in [2.75, 3.05) is 13.1 Å². The number of carbonyl (C=O) groups excluding carboxylic acids is 2. The zero-order chi connectivity index (χ0) is 23.0. The van der Waals surface area contributed by atoms with Crippen LogP contribution in [0.4, 0.5) is 0 Å². The molecule has 1 saturated heterocycles. The van der Waals surface area contributed by atoms with Crippen LogP contribution in [0.1, 0.15) is 69.6 Å². The SMILES string of the molecule is Cc1cc(CCC(=O)N[C@@H](CC(C)C)C(=O)N[C@@H](C)C(=O)O)nc(C2CCNCC2)n1. The van der Waals surface area contributed by atoms with Gasteiger partial charge in [-0.1, -0.05) is 13.8 Å². The van der Waals surface area contributed by atoms with E-state index in [1.54, 1.807) is 0 Å². The number of amides is 2. The van der Waals surface area contributed by atoms with Gasteiger partial charge in [0.1, 0.15) is 17.9 Å². The van der Waals surface area contributed by atoms with Crippen LogP contribution in [0, 0.1) is 12.8 Å². The van der Waals surface area contributed by atoms with Crippen LogP contribution in [0.15, 0.2) is 6.07 Å². The van der Waals surface area contributed by atoms with Crippen molar-refractivity contribution in [2.45, 2.75) is 77.8 Å². The van der Waals surface area contributed by atoms with Gasteiger partial charge < -0.3 is 21.1 Å². The Morgan fingerprint density at radius 3 is 2.45 bits per heavy atom. The van der Waals surface area contributed by atoms with E-state index in [0.717, 1.165) is 43.1 Å². The minimum atomic E-state index is -1.12. The summed E-state index contributed by atoms with van der Waals surface area (Å²) in [6.45, 7) is 9.13. The molecular weight excluding hydrogens is 398 g/mol. The molecule has 31 heavy (non-hydrogen) atoms. The summed E-state index contributed by atoms with van der Waals surface area (Å²) in [6.07, 6.45) is 3.08. The molecule has 0 aromatic carbocycles. The number of nitrogens with zero attached hydrogens (tertiary/aromatic N) is 2. The predicted molar refractivity (Wildman–Crippen MR) is 117 cm³/mol. The third-order valence-corrected chi connectivity index (χ3v) is 5.33. The molecule has 9 heteroatoms. The number of aryl methyl sites for hydroxylation is 2. The van der Waals surface area contributed by atoms with Crippen molar-refractivity contribution in [3.63, 3.8) is 0 Å². The molecule has 0 radical (unpaired) electrons. The zero-order valence-corrected chi connectivity index (χ0v) is 18.9. The largest absolute Gasteiger partial charge is 0.480 e. The highest BCUT2D eigenvalue weighted by atomic mass is 16.4. The van der Waals surface area contributed by atoms with E-state index in [0.29, 0.717) is 18.8 Å². The van der Waals surface area contributed by atoms with Crippen molar-refractivity contribution in [2.24, 2.45) is 5.92 Å². The Bertz CT molecular complexity index is 777. The van der Waals surface area contributed by atoms with Crippen molar-refractivity contribution in [3.05, 3.63) is 23.3 Å². The summed E-state index contributed by atoms with van der Waals surface area (Å²) >= 11 is 0. The summed E-state index contributed by atoms with van der Waals surface area (Å²) in [5, 5.41) is 17.5. The Kier molecular flexibility index (Phi) is 9.36. The molecule has 2 amide bonds. The van der Waals surface area contributed by atoms with Crippen molar-refractivity contribution in [1.29, 1.82) is 0 Å². The molecule has 2 atom stereocenters. The Morgan fingerprint density at radius 1 is 1.16 bits per heavy atom. The molecule has 2 heterocycles. The lowest BCUT2D eigenvalue weighted by Gasteiger charge is -2.22. The van der Waals surface area contributed by atoms with Gasteiger partial charge in [-0.25, -0.2) is 9.97 Å². The maximum absolute atomic E-state index is 12.5. The second-order valence-electron chi connectivity index (χ2n) is 8.70. The number of hydrogen-bond acceptors (Lipinski definition) is 6. The fraction of sp³-hybridized carbons (Fsp3) is 0.682. The molecule has 0 unspecified atom stereocenters. The third kappa shape index (κ3) is 8.24. The van der Waals surface area contributed by atoms with Crippen LogP contribution in [-0.4, -0.2) is 58.0 Å². The van der Waals surface area contributed by atoms with Crippen LogP contribution in [0.3, 0.4) is 0 Å².